The highest BCUT2D eigenvalue weighted by Gasteiger charge is 2.36. The minimum atomic E-state index is -2.62. The van der Waals surface area contributed by atoms with Crippen LogP contribution in [0.2, 0.25) is 0 Å². The van der Waals surface area contributed by atoms with Crippen molar-refractivity contribution in [3.63, 3.8) is 0 Å². The van der Waals surface area contributed by atoms with Gasteiger partial charge in [-0.15, -0.1) is 0 Å². The molecule has 5 heteroatoms. The minimum absolute atomic E-state index is 0.0929. The fourth-order valence-corrected chi connectivity index (χ4v) is 3.39. The second-order valence-corrected chi connectivity index (χ2v) is 6.26. The van der Waals surface area contributed by atoms with Gasteiger partial charge in [0.1, 0.15) is 0 Å². The van der Waals surface area contributed by atoms with E-state index in [4.69, 9.17) is 0 Å². The summed E-state index contributed by atoms with van der Waals surface area (Å²) in [4.78, 5) is 14.3. The third-order valence-corrected chi connectivity index (χ3v) is 4.75. The van der Waals surface area contributed by atoms with Crippen LogP contribution < -0.4 is 5.32 Å². The molecular formula is C17H22F2N2O. The molecule has 2 fully saturated rings. The van der Waals surface area contributed by atoms with E-state index in [1.807, 2.05) is 24.3 Å². The molecule has 0 saturated carbocycles. The summed E-state index contributed by atoms with van der Waals surface area (Å²) in [6.45, 7) is 2.21. The molecule has 0 aromatic heterocycles. The zero-order valence-electron chi connectivity index (χ0n) is 12.7. The lowest BCUT2D eigenvalue weighted by Gasteiger charge is -2.33. The van der Waals surface area contributed by atoms with E-state index in [-0.39, 0.29) is 31.8 Å². The number of benzene rings is 1. The first-order chi connectivity index (χ1) is 10.6. The molecule has 22 heavy (non-hydrogen) atoms. The van der Waals surface area contributed by atoms with Crippen molar-refractivity contribution < 1.29 is 13.6 Å². The number of carbonyl (C=O) groups excluding carboxylic acids is 1. The summed E-state index contributed by atoms with van der Waals surface area (Å²) >= 11 is 0. The van der Waals surface area contributed by atoms with Gasteiger partial charge in [-0.25, -0.2) is 8.78 Å². The second kappa shape index (κ2) is 6.32. The van der Waals surface area contributed by atoms with Gasteiger partial charge in [0.25, 0.3) is 11.8 Å². The highest BCUT2D eigenvalue weighted by Crippen LogP contribution is 2.31. The van der Waals surface area contributed by atoms with Crippen molar-refractivity contribution in [2.75, 3.05) is 26.2 Å². The largest absolute Gasteiger partial charge is 0.338 e. The summed E-state index contributed by atoms with van der Waals surface area (Å²) in [5, 5.41) is 3.33. The number of halogens is 2. The van der Waals surface area contributed by atoms with Crippen molar-refractivity contribution in [2.45, 2.75) is 37.5 Å². The Balaban J connectivity index is 1.78. The SMILES string of the molecule is O=C(c1ccccc1C1CCNCC1)N1CCC(F)(F)CC1. The standard InChI is InChI=1S/C17H22F2N2O/c18-17(19)7-11-21(12-8-17)16(22)15-4-2-1-3-14(15)13-5-9-20-10-6-13/h1-4,13,20H,5-12H2. The third kappa shape index (κ3) is 3.29. The lowest BCUT2D eigenvalue weighted by molar-refractivity contribution is -0.0494. The van der Waals surface area contributed by atoms with Crippen LogP contribution in [0, 0.1) is 0 Å². The van der Waals surface area contributed by atoms with E-state index in [2.05, 4.69) is 5.32 Å². The maximum absolute atomic E-state index is 13.3. The average molecular weight is 308 g/mol. The van der Waals surface area contributed by atoms with E-state index in [1.165, 1.54) is 0 Å². The number of amides is 1. The van der Waals surface area contributed by atoms with Gasteiger partial charge in [-0.05, 0) is 43.5 Å². The van der Waals surface area contributed by atoms with Crippen LogP contribution in [-0.4, -0.2) is 42.9 Å². The van der Waals surface area contributed by atoms with E-state index in [1.54, 1.807) is 4.90 Å². The van der Waals surface area contributed by atoms with Crippen LogP contribution in [0.3, 0.4) is 0 Å². The number of alkyl halides is 2. The molecule has 2 aliphatic rings. The van der Waals surface area contributed by atoms with Gasteiger partial charge in [-0.3, -0.25) is 4.79 Å². The molecule has 0 spiro atoms. The maximum atomic E-state index is 13.3. The molecule has 2 aliphatic heterocycles. The maximum Gasteiger partial charge on any atom is 0.254 e. The van der Waals surface area contributed by atoms with Crippen LogP contribution in [0.5, 0.6) is 0 Å². The predicted molar refractivity (Wildman–Crippen MR) is 81.4 cm³/mol. The highest BCUT2D eigenvalue weighted by atomic mass is 19.3. The molecule has 0 aliphatic carbocycles. The lowest BCUT2D eigenvalue weighted by atomic mass is 9.86. The smallest absolute Gasteiger partial charge is 0.254 e. The van der Waals surface area contributed by atoms with Gasteiger partial charge in [0.15, 0.2) is 0 Å². The fraction of sp³-hybridized carbons (Fsp3) is 0.588. The molecule has 0 atom stereocenters. The van der Waals surface area contributed by atoms with Gasteiger partial charge in [0.05, 0.1) is 0 Å². The summed E-state index contributed by atoms with van der Waals surface area (Å²) in [5.41, 5.74) is 1.77. The molecular weight excluding hydrogens is 286 g/mol. The van der Waals surface area contributed by atoms with Crippen LogP contribution in [0.1, 0.15) is 47.5 Å². The average Bonchev–Trinajstić information content (AvgIpc) is 2.55. The van der Waals surface area contributed by atoms with Crippen LogP contribution in [0.25, 0.3) is 0 Å². The van der Waals surface area contributed by atoms with E-state index in [0.717, 1.165) is 31.5 Å². The van der Waals surface area contributed by atoms with Gasteiger partial charge >= 0.3 is 0 Å². The molecule has 2 saturated heterocycles. The number of piperidine rings is 2. The number of carbonyl (C=O) groups is 1. The summed E-state index contributed by atoms with van der Waals surface area (Å²) in [7, 11) is 0. The molecule has 1 N–H and O–H groups in total. The van der Waals surface area contributed by atoms with Crippen LogP contribution in [-0.2, 0) is 0 Å². The zero-order valence-corrected chi connectivity index (χ0v) is 12.7. The van der Waals surface area contributed by atoms with Crippen molar-refractivity contribution >= 4 is 5.91 Å². The molecule has 1 amide bonds. The molecule has 0 unspecified atom stereocenters. The Kier molecular flexibility index (Phi) is 4.43. The van der Waals surface area contributed by atoms with Crippen molar-refractivity contribution in [1.82, 2.24) is 10.2 Å². The van der Waals surface area contributed by atoms with Crippen molar-refractivity contribution in [3.05, 3.63) is 35.4 Å². The topological polar surface area (TPSA) is 32.3 Å². The Labute approximate surface area is 129 Å². The summed E-state index contributed by atoms with van der Waals surface area (Å²) in [6, 6.07) is 7.67. The minimum Gasteiger partial charge on any atom is -0.338 e. The van der Waals surface area contributed by atoms with Gasteiger partial charge < -0.3 is 10.2 Å². The monoisotopic (exact) mass is 308 g/mol. The Morgan fingerprint density at radius 3 is 2.45 bits per heavy atom. The zero-order chi connectivity index (χ0) is 15.6. The molecule has 0 radical (unpaired) electrons. The Morgan fingerprint density at radius 1 is 1.14 bits per heavy atom. The molecule has 0 bridgehead atoms. The first-order valence-corrected chi connectivity index (χ1v) is 8.03. The first kappa shape index (κ1) is 15.4. The van der Waals surface area contributed by atoms with Crippen molar-refractivity contribution in [1.29, 1.82) is 0 Å². The number of hydrogen-bond donors (Lipinski definition) is 1. The predicted octanol–water partition coefficient (Wildman–Crippen LogP) is 3.02. The molecule has 1 aromatic rings. The quantitative estimate of drug-likeness (QED) is 0.911. The summed E-state index contributed by atoms with van der Waals surface area (Å²) in [5.74, 6) is -2.33. The number of likely N-dealkylation sites (tertiary alicyclic amines) is 1. The van der Waals surface area contributed by atoms with Gasteiger partial charge in [-0.1, -0.05) is 18.2 Å². The normalized spacial score (nSPS) is 22.5. The molecule has 2 heterocycles. The molecule has 3 rings (SSSR count). The van der Waals surface area contributed by atoms with Crippen LogP contribution >= 0.6 is 0 Å². The number of nitrogens with zero attached hydrogens (tertiary/aromatic N) is 1. The van der Waals surface area contributed by atoms with E-state index >= 15 is 0 Å². The Bertz CT molecular complexity index is 531. The van der Waals surface area contributed by atoms with Crippen LogP contribution in [0.15, 0.2) is 24.3 Å². The van der Waals surface area contributed by atoms with Crippen LogP contribution in [0.4, 0.5) is 8.78 Å². The lowest BCUT2D eigenvalue weighted by Crippen LogP contribution is -2.43. The van der Waals surface area contributed by atoms with E-state index < -0.39 is 5.92 Å². The van der Waals surface area contributed by atoms with E-state index in [9.17, 15) is 13.6 Å². The molecule has 3 nitrogen and oxygen atoms in total. The van der Waals surface area contributed by atoms with E-state index in [0.29, 0.717) is 11.5 Å². The number of rotatable bonds is 2. The third-order valence-electron chi connectivity index (χ3n) is 4.75. The number of hydrogen-bond acceptors (Lipinski definition) is 2. The first-order valence-electron chi connectivity index (χ1n) is 8.03. The second-order valence-electron chi connectivity index (χ2n) is 6.26. The Morgan fingerprint density at radius 2 is 1.77 bits per heavy atom. The number of nitrogens with one attached hydrogen (secondary N) is 1. The Hall–Kier alpha value is -1.49. The summed E-state index contributed by atoms with van der Waals surface area (Å²) in [6.07, 6.45) is 1.58. The van der Waals surface area contributed by atoms with Gasteiger partial charge in [-0.2, -0.15) is 0 Å². The van der Waals surface area contributed by atoms with Gasteiger partial charge in [0, 0.05) is 31.5 Å². The fourth-order valence-electron chi connectivity index (χ4n) is 3.39. The van der Waals surface area contributed by atoms with Gasteiger partial charge in [0.2, 0.25) is 0 Å². The summed E-state index contributed by atoms with van der Waals surface area (Å²) < 4.78 is 26.5. The highest BCUT2D eigenvalue weighted by molar-refractivity contribution is 5.96. The van der Waals surface area contributed by atoms with Crippen molar-refractivity contribution in [2.24, 2.45) is 0 Å². The molecule has 1 aromatic carbocycles. The van der Waals surface area contributed by atoms with Crippen molar-refractivity contribution in [3.8, 4) is 0 Å². The molecule has 120 valence electrons.